The number of alkyl halides is 3. The molecule has 1 aromatic heterocycles. The number of aryl methyl sites for hydroxylation is 1. The number of aromatic nitrogens is 2. The summed E-state index contributed by atoms with van der Waals surface area (Å²) in [5.41, 5.74) is 0. The van der Waals surface area contributed by atoms with E-state index in [1.165, 1.54) is 4.90 Å². The van der Waals surface area contributed by atoms with Crippen molar-refractivity contribution in [2.45, 2.75) is 63.3 Å². The van der Waals surface area contributed by atoms with Gasteiger partial charge in [0, 0.05) is 44.6 Å². The molecule has 0 bridgehead atoms. The van der Waals surface area contributed by atoms with Crippen LogP contribution in [0, 0.1) is 0 Å². The molecule has 1 saturated heterocycles. The predicted molar refractivity (Wildman–Crippen MR) is 108 cm³/mol. The van der Waals surface area contributed by atoms with Crippen molar-refractivity contribution >= 4 is 17.8 Å². The van der Waals surface area contributed by atoms with Crippen LogP contribution >= 0.6 is 0 Å². The number of imidazole rings is 1. The van der Waals surface area contributed by atoms with E-state index in [4.69, 9.17) is 0 Å². The highest BCUT2D eigenvalue weighted by molar-refractivity contribution is 5.89. The lowest BCUT2D eigenvalue weighted by Gasteiger charge is -2.41. The van der Waals surface area contributed by atoms with Crippen LogP contribution in [0.4, 0.5) is 18.0 Å². The van der Waals surface area contributed by atoms with Gasteiger partial charge in [-0.1, -0.05) is 19.3 Å². The highest BCUT2D eigenvalue weighted by Gasteiger charge is 2.46. The summed E-state index contributed by atoms with van der Waals surface area (Å²) in [6.07, 6.45) is 5.38. The number of piperazine rings is 1. The number of hydrogen-bond donors (Lipinski definition) is 2. The molecule has 1 atom stereocenters. The molecule has 4 amide bonds. The molecule has 2 N–H and O–H groups in total. The molecular weight excluding hydrogens is 429 g/mol. The van der Waals surface area contributed by atoms with E-state index < -0.39 is 36.6 Å². The van der Waals surface area contributed by atoms with Gasteiger partial charge in [-0.15, -0.1) is 0 Å². The van der Waals surface area contributed by atoms with Crippen LogP contribution in [0.2, 0.25) is 0 Å². The maximum atomic E-state index is 12.9. The Hall–Kier alpha value is -2.79. The monoisotopic (exact) mass is 458 g/mol. The van der Waals surface area contributed by atoms with E-state index in [1.807, 2.05) is 4.57 Å². The van der Waals surface area contributed by atoms with Gasteiger partial charge in [0.15, 0.2) is 0 Å². The number of hydrogen-bond acceptors (Lipinski definition) is 4. The maximum absolute atomic E-state index is 12.9. The first-order valence-corrected chi connectivity index (χ1v) is 10.9. The number of nitrogens with zero attached hydrogens (tertiary/aromatic N) is 4. The smallest absolute Gasteiger partial charge is 0.354 e. The van der Waals surface area contributed by atoms with Crippen molar-refractivity contribution in [2.24, 2.45) is 0 Å². The summed E-state index contributed by atoms with van der Waals surface area (Å²) in [7, 11) is 0. The van der Waals surface area contributed by atoms with Gasteiger partial charge in [0.05, 0.1) is 12.9 Å². The molecule has 0 unspecified atom stereocenters. The Morgan fingerprint density at radius 3 is 2.50 bits per heavy atom. The maximum Gasteiger partial charge on any atom is 0.471 e. The Labute approximate surface area is 184 Å². The first-order chi connectivity index (χ1) is 15.3. The van der Waals surface area contributed by atoms with Gasteiger partial charge >= 0.3 is 18.1 Å². The molecular formula is C20H29F3N6O3. The molecule has 1 saturated carbocycles. The zero-order valence-corrected chi connectivity index (χ0v) is 17.8. The van der Waals surface area contributed by atoms with Crippen LogP contribution < -0.4 is 10.6 Å². The van der Waals surface area contributed by atoms with Crippen LogP contribution in [-0.2, 0) is 16.1 Å². The van der Waals surface area contributed by atoms with Gasteiger partial charge in [0.1, 0.15) is 6.04 Å². The normalized spacial score (nSPS) is 20.2. The van der Waals surface area contributed by atoms with Crippen LogP contribution in [0.25, 0.3) is 0 Å². The fourth-order valence-electron chi connectivity index (χ4n) is 4.13. The van der Waals surface area contributed by atoms with Crippen molar-refractivity contribution in [3.8, 4) is 0 Å². The summed E-state index contributed by atoms with van der Waals surface area (Å²) in [4.78, 5) is 43.1. The average Bonchev–Trinajstić information content (AvgIpc) is 3.29. The Kier molecular flexibility index (Phi) is 7.97. The SMILES string of the molecule is O=C(NCCCn1ccnc1)[C@H]1CN(C(=O)C(F)(F)F)CCN1C(=O)NC1CCCCC1. The van der Waals surface area contributed by atoms with E-state index in [0.29, 0.717) is 17.9 Å². The van der Waals surface area contributed by atoms with E-state index in [-0.39, 0.29) is 25.7 Å². The summed E-state index contributed by atoms with van der Waals surface area (Å²) in [5.74, 6) is -2.57. The average molecular weight is 458 g/mol. The summed E-state index contributed by atoms with van der Waals surface area (Å²) in [6, 6.07) is -1.67. The van der Waals surface area contributed by atoms with Crippen molar-refractivity contribution < 1.29 is 27.6 Å². The Bertz CT molecular complexity index is 780. The zero-order chi connectivity index (χ0) is 23.1. The third-order valence-electron chi connectivity index (χ3n) is 5.86. The molecule has 32 heavy (non-hydrogen) atoms. The highest BCUT2D eigenvalue weighted by Crippen LogP contribution is 2.22. The van der Waals surface area contributed by atoms with E-state index >= 15 is 0 Å². The third kappa shape index (κ3) is 6.36. The second-order valence-corrected chi connectivity index (χ2v) is 8.19. The molecule has 0 spiro atoms. The van der Waals surface area contributed by atoms with Crippen molar-refractivity contribution in [3.63, 3.8) is 0 Å². The number of urea groups is 1. The lowest BCUT2D eigenvalue weighted by atomic mass is 9.95. The molecule has 1 aliphatic carbocycles. The van der Waals surface area contributed by atoms with E-state index in [0.717, 1.165) is 32.1 Å². The fourth-order valence-corrected chi connectivity index (χ4v) is 4.13. The number of nitrogens with one attached hydrogen (secondary N) is 2. The Morgan fingerprint density at radius 1 is 1.09 bits per heavy atom. The zero-order valence-electron chi connectivity index (χ0n) is 17.8. The molecule has 0 radical (unpaired) electrons. The summed E-state index contributed by atoms with van der Waals surface area (Å²) < 4.78 is 40.6. The van der Waals surface area contributed by atoms with Gasteiger partial charge in [0.2, 0.25) is 5.91 Å². The van der Waals surface area contributed by atoms with Crippen molar-refractivity contribution in [1.82, 2.24) is 30.0 Å². The largest absolute Gasteiger partial charge is 0.471 e. The van der Waals surface area contributed by atoms with Crippen LogP contribution in [0.1, 0.15) is 38.5 Å². The lowest BCUT2D eigenvalue weighted by Crippen LogP contribution is -2.65. The molecule has 2 heterocycles. The van der Waals surface area contributed by atoms with Crippen LogP contribution in [-0.4, -0.2) is 81.6 Å². The molecule has 178 valence electrons. The Balaban J connectivity index is 1.61. The van der Waals surface area contributed by atoms with Crippen molar-refractivity contribution in [1.29, 1.82) is 0 Å². The van der Waals surface area contributed by atoms with Gasteiger partial charge in [-0.2, -0.15) is 13.2 Å². The van der Waals surface area contributed by atoms with Gasteiger partial charge in [0.25, 0.3) is 0 Å². The predicted octanol–water partition coefficient (Wildman–Crippen LogP) is 1.51. The second-order valence-electron chi connectivity index (χ2n) is 8.19. The number of rotatable bonds is 6. The fraction of sp³-hybridized carbons (Fsp3) is 0.700. The lowest BCUT2D eigenvalue weighted by molar-refractivity contribution is -0.187. The molecule has 12 heteroatoms. The molecule has 9 nitrogen and oxygen atoms in total. The second kappa shape index (κ2) is 10.7. The highest BCUT2D eigenvalue weighted by atomic mass is 19.4. The minimum atomic E-state index is -5.03. The quantitative estimate of drug-likeness (QED) is 0.632. The number of amides is 4. The van der Waals surface area contributed by atoms with Gasteiger partial charge < -0.3 is 25.0 Å². The summed E-state index contributed by atoms with van der Waals surface area (Å²) in [5, 5.41) is 5.59. The topological polar surface area (TPSA) is 99.6 Å². The first-order valence-electron chi connectivity index (χ1n) is 10.9. The first kappa shape index (κ1) is 23.9. The van der Waals surface area contributed by atoms with E-state index in [9.17, 15) is 27.6 Å². The standard InChI is InChI=1S/C20H29F3N6O3/c21-20(22,23)18(31)28-11-12-29(19(32)26-15-5-2-1-3-6-15)16(13-28)17(30)25-7-4-9-27-10-8-24-14-27/h8,10,14-16H,1-7,9,11-13H2,(H,25,30)(H,26,32)/t16-/m1/s1. The third-order valence-corrected chi connectivity index (χ3v) is 5.86. The number of halogens is 3. The minimum absolute atomic E-state index is 0.00928. The summed E-state index contributed by atoms with van der Waals surface area (Å²) >= 11 is 0. The number of carbonyl (C=O) groups is 3. The van der Waals surface area contributed by atoms with Gasteiger partial charge in [-0.25, -0.2) is 9.78 Å². The van der Waals surface area contributed by atoms with Crippen molar-refractivity contribution in [2.75, 3.05) is 26.2 Å². The van der Waals surface area contributed by atoms with E-state index in [1.54, 1.807) is 18.7 Å². The molecule has 0 aromatic carbocycles. The molecule has 2 fully saturated rings. The molecule has 1 aromatic rings. The minimum Gasteiger partial charge on any atom is -0.354 e. The van der Waals surface area contributed by atoms with E-state index in [2.05, 4.69) is 15.6 Å². The summed E-state index contributed by atoms with van der Waals surface area (Å²) in [6.45, 7) is -0.0353. The Morgan fingerprint density at radius 2 is 1.84 bits per heavy atom. The van der Waals surface area contributed by atoms with Crippen molar-refractivity contribution in [3.05, 3.63) is 18.7 Å². The van der Waals surface area contributed by atoms with Crippen LogP contribution in [0.3, 0.4) is 0 Å². The molecule has 1 aliphatic heterocycles. The van der Waals surface area contributed by atoms with Crippen LogP contribution in [0.15, 0.2) is 18.7 Å². The van der Waals surface area contributed by atoms with Crippen LogP contribution in [0.5, 0.6) is 0 Å². The molecule has 2 aliphatic rings. The molecule has 3 rings (SSSR count). The van der Waals surface area contributed by atoms with Gasteiger partial charge in [-0.05, 0) is 19.3 Å². The van der Waals surface area contributed by atoms with Gasteiger partial charge in [-0.3, -0.25) is 9.59 Å². The number of carbonyl (C=O) groups excluding carboxylic acids is 3.